The van der Waals surface area contributed by atoms with Gasteiger partial charge in [0.1, 0.15) is 5.01 Å². The summed E-state index contributed by atoms with van der Waals surface area (Å²) < 4.78 is 4.89. The third-order valence-corrected chi connectivity index (χ3v) is 2.45. The molecule has 0 aliphatic carbocycles. The van der Waals surface area contributed by atoms with Crippen molar-refractivity contribution < 1.29 is 14.6 Å². The molecule has 0 aliphatic heterocycles. The van der Waals surface area contributed by atoms with E-state index in [9.17, 15) is 4.79 Å². The minimum Gasteiger partial charge on any atom is -0.481 e. The van der Waals surface area contributed by atoms with Gasteiger partial charge in [-0.3, -0.25) is 4.79 Å². The third-order valence-electron chi connectivity index (χ3n) is 1.61. The summed E-state index contributed by atoms with van der Waals surface area (Å²) in [6.07, 6.45) is -0.101. The third kappa shape index (κ3) is 3.06. The second-order valence-electron chi connectivity index (χ2n) is 2.80. The van der Waals surface area contributed by atoms with Crippen LogP contribution in [0, 0.1) is 0 Å². The Balaban J connectivity index is 2.61. The fourth-order valence-corrected chi connectivity index (χ4v) is 1.81. The van der Waals surface area contributed by atoms with Gasteiger partial charge in [0, 0.05) is 12.5 Å². The van der Waals surface area contributed by atoms with Gasteiger partial charge in [0.25, 0.3) is 0 Å². The molecule has 0 radical (unpaired) electrons. The summed E-state index contributed by atoms with van der Waals surface area (Å²) >= 11 is 1.42. The van der Waals surface area contributed by atoms with E-state index in [1.165, 1.54) is 11.3 Å². The van der Waals surface area contributed by atoms with E-state index in [1.54, 1.807) is 12.5 Å². The van der Waals surface area contributed by atoms with Gasteiger partial charge < -0.3 is 15.6 Å². The molecule has 0 aromatic carbocycles. The average molecular weight is 216 g/mol. The molecule has 0 saturated carbocycles. The Morgan fingerprint density at radius 3 is 3.14 bits per heavy atom. The Kier molecular flexibility index (Phi) is 3.99. The molecule has 1 rings (SSSR count). The van der Waals surface area contributed by atoms with Crippen molar-refractivity contribution in [3.8, 4) is 0 Å². The Morgan fingerprint density at radius 2 is 2.57 bits per heavy atom. The molecule has 14 heavy (non-hydrogen) atoms. The van der Waals surface area contributed by atoms with Crippen LogP contribution in [-0.4, -0.2) is 23.2 Å². The van der Waals surface area contributed by atoms with E-state index in [2.05, 4.69) is 4.98 Å². The van der Waals surface area contributed by atoms with E-state index in [-0.39, 0.29) is 6.42 Å². The molecule has 1 aromatic heterocycles. The second-order valence-corrected chi connectivity index (χ2v) is 3.75. The van der Waals surface area contributed by atoms with Gasteiger partial charge in [0.2, 0.25) is 0 Å². The van der Waals surface area contributed by atoms with Crippen molar-refractivity contribution in [2.75, 3.05) is 7.11 Å². The number of carboxylic acid groups (broad SMARTS) is 1. The summed E-state index contributed by atoms with van der Waals surface area (Å²) in [5.41, 5.74) is 6.24. The average Bonchev–Trinajstić information content (AvgIpc) is 2.52. The molecular formula is C8H12N2O3S. The molecule has 5 nitrogen and oxygen atoms in total. The SMILES string of the molecule is COCc1nc(C(N)CC(=O)O)cs1. The van der Waals surface area contributed by atoms with Crippen LogP contribution in [0.3, 0.4) is 0 Å². The lowest BCUT2D eigenvalue weighted by Crippen LogP contribution is -2.15. The molecule has 6 heteroatoms. The smallest absolute Gasteiger partial charge is 0.305 e. The van der Waals surface area contributed by atoms with Crippen LogP contribution in [-0.2, 0) is 16.1 Å². The van der Waals surface area contributed by atoms with Gasteiger partial charge in [0.05, 0.1) is 24.8 Å². The number of methoxy groups -OCH3 is 1. The van der Waals surface area contributed by atoms with Crippen molar-refractivity contribution in [1.29, 1.82) is 0 Å². The fraction of sp³-hybridized carbons (Fsp3) is 0.500. The Hall–Kier alpha value is -0.980. The molecule has 0 aliphatic rings. The number of carboxylic acids is 1. The summed E-state index contributed by atoms with van der Waals surface area (Å²) in [5.74, 6) is -0.918. The fourth-order valence-electron chi connectivity index (χ4n) is 0.978. The number of aliphatic carboxylic acids is 1. The van der Waals surface area contributed by atoms with E-state index in [0.29, 0.717) is 12.3 Å². The number of hydrogen-bond donors (Lipinski definition) is 2. The van der Waals surface area contributed by atoms with Crippen molar-refractivity contribution >= 4 is 17.3 Å². The summed E-state index contributed by atoms with van der Waals surface area (Å²) in [7, 11) is 1.58. The quantitative estimate of drug-likeness (QED) is 0.759. The highest BCUT2D eigenvalue weighted by Gasteiger charge is 2.13. The predicted octanol–water partition coefficient (Wildman–Crippen LogP) is 0.764. The summed E-state index contributed by atoms with van der Waals surface area (Å²) in [6, 6.07) is -0.533. The first-order valence-corrected chi connectivity index (χ1v) is 4.92. The monoisotopic (exact) mass is 216 g/mol. The molecule has 3 N–H and O–H groups in total. The van der Waals surface area contributed by atoms with E-state index >= 15 is 0 Å². The highest BCUT2D eigenvalue weighted by Crippen LogP contribution is 2.17. The summed E-state index contributed by atoms with van der Waals surface area (Å²) in [6.45, 7) is 0.435. The number of thiazole rings is 1. The zero-order valence-corrected chi connectivity index (χ0v) is 8.58. The van der Waals surface area contributed by atoms with Crippen LogP contribution in [0.5, 0.6) is 0 Å². The molecule has 1 heterocycles. The van der Waals surface area contributed by atoms with Crippen molar-refractivity contribution in [2.45, 2.75) is 19.1 Å². The largest absolute Gasteiger partial charge is 0.481 e. The van der Waals surface area contributed by atoms with Crippen molar-refractivity contribution in [1.82, 2.24) is 4.98 Å². The minimum atomic E-state index is -0.918. The van der Waals surface area contributed by atoms with Crippen LogP contribution in [0.4, 0.5) is 0 Å². The van der Waals surface area contributed by atoms with Crippen LogP contribution in [0.1, 0.15) is 23.2 Å². The maximum Gasteiger partial charge on any atom is 0.305 e. The molecule has 78 valence electrons. The second kappa shape index (κ2) is 5.04. The Labute approximate surface area is 85.5 Å². The van der Waals surface area contributed by atoms with Gasteiger partial charge in [0.15, 0.2) is 0 Å². The van der Waals surface area contributed by atoms with Gasteiger partial charge in [-0.1, -0.05) is 0 Å². The molecule has 0 fully saturated rings. The van der Waals surface area contributed by atoms with Gasteiger partial charge >= 0.3 is 5.97 Å². The zero-order valence-electron chi connectivity index (χ0n) is 7.77. The zero-order chi connectivity index (χ0) is 10.6. The number of carbonyl (C=O) groups is 1. The van der Waals surface area contributed by atoms with Crippen LogP contribution < -0.4 is 5.73 Å². The van der Waals surface area contributed by atoms with Crippen LogP contribution in [0.2, 0.25) is 0 Å². The van der Waals surface area contributed by atoms with Crippen LogP contribution in [0.15, 0.2) is 5.38 Å². The molecule has 0 saturated heterocycles. The topological polar surface area (TPSA) is 85.4 Å². The summed E-state index contributed by atoms with van der Waals surface area (Å²) in [4.78, 5) is 14.5. The van der Waals surface area contributed by atoms with Gasteiger partial charge in [-0.05, 0) is 0 Å². The molecule has 0 spiro atoms. The van der Waals surface area contributed by atoms with E-state index in [4.69, 9.17) is 15.6 Å². The molecule has 1 unspecified atom stereocenters. The number of aromatic nitrogens is 1. The van der Waals surface area contributed by atoms with Gasteiger partial charge in [-0.2, -0.15) is 0 Å². The Morgan fingerprint density at radius 1 is 1.86 bits per heavy atom. The molecule has 1 aromatic rings. The van der Waals surface area contributed by atoms with E-state index in [1.807, 2.05) is 0 Å². The first-order chi connectivity index (χ1) is 6.63. The summed E-state index contributed by atoms with van der Waals surface area (Å²) in [5, 5.41) is 11.1. The molecule has 1 atom stereocenters. The van der Waals surface area contributed by atoms with Crippen molar-refractivity contribution in [3.63, 3.8) is 0 Å². The van der Waals surface area contributed by atoms with E-state index < -0.39 is 12.0 Å². The molecular weight excluding hydrogens is 204 g/mol. The number of ether oxygens (including phenoxy) is 1. The minimum absolute atomic E-state index is 0.101. The van der Waals surface area contributed by atoms with Gasteiger partial charge in [-0.25, -0.2) is 4.98 Å². The van der Waals surface area contributed by atoms with Crippen molar-refractivity contribution in [3.05, 3.63) is 16.1 Å². The maximum absolute atomic E-state index is 10.4. The standard InChI is InChI=1S/C8H12N2O3S/c1-13-3-7-10-6(4-14-7)5(9)2-8(11)12/h4-5H,2-3,9H2,1H3,(H,11,12). The maximum atomic E-state index is 10.4. The van der Waals surface area contributed by atoms with Crippen molar-refractivity contribution in [2.24, 2.45) is 5.73 Å². The first-order valence-electron chi connectivity index (χ1n) is 4.04. The Bertz CT molecular complexity index is 313. The number of nitrogens with zero attached hydrogens (tertiary/aromatic N) is 1. The normalized spacial score (nSPS) is 12.7. The molecule has 0 amide bonds. The van der Waals surface area contributed by atoms with Crippen LogP contribution in [0.25, 0.3) is 0 Å². The lowest BCUT2D eigenvalue weighted by Gasteiger charge is -2.03. The lowest BCUT2D eigenvalue weighted by atomic mass is 10.2. The van der Waals surface area contributed by atoms with Gasteiger partial charge in [-0.15, -0.1) is 11.3 Å². The highest BCUT2D eigenvalue weighted by atomic mass is 32.1. The number of nitrogens with two attached hydrogens (primary N) is 1. The van der Waals surface area contributed by atoms with Crippen LogP contribution >= 0.6 is 11.3 Å². The highest BCUT2D eigenvalue weighted by molar-refractivity contribution is 7.09. The first kappa shape index (κ1) is 11.1. The predicted molar refractivity (Wildman–Crippen MR) is 52.0 cm³/mol. The number of hydrogen-bond acceptors (Lipinski definition) is 5. The molecule has 0 bridgehead atoms. The van der Waals surface area contributed by atoms with E-state index in [0.717, 1.165) is 5.01 Å². The number of rotatable bonds is 5. The lowest BCUT2D eigenvalue weighted by molar-refractivity contribution is -0.137.